The van der Waals surface area contributed by atoms with Gasteiger partial charge in [-0.2, -0.15) is 0 Å². The minimum absolute atomic E-state index is 0.201. The molecule has 1 aliphatic rings. The molecule has 0 amide bonds. The Hall–Kier alpha value is -0.190. The summed E-state index contributed by atoms with van der Waals surface area (Å²) in [5, 5.41) is 14.6. The maximum atomic E-state index is 10.3. The number of hydrogen-bond donors (Lipinski definition) is 2. The van der Waals surface area contributed by atoms with Crippen LogP contribution in [0.3, 0.4) is 0 Å². The standard InChI is InChI=1S/C12H14Cl3NO2/c13-8-5-10(15)11(6-9(8)14)18-7-12(17)1-3-16-4-2-12/h5-6,16-17H,1-4,7H2. The van der Waals surface area contributed by atoms with Crippen LogP contribution in [-0.4, -0.2) is 30.4 Å². The van der Waals surface area contributed by atoms with Crippen LogP contribution in [0.15, 0.2) is 12.1 Å². The molecule has 0 spiro atoms. The minimum Gasteiger partial charge on any atom is -0.489 e. The van der Waals surface area contributed by atoms with Crippen LogP contribution in [-0.2, 0) is 0 Å². The molecule has 3 nitrogen and oxygen atoms in total. The van der Waals surface area contributed by atoms with E-state index in [1.165, 1.54) is 6.07 Å². The highest BCUT2D eigenvalue weighted by Crippen LogP contribution is 2.34. The van der Waals surface area contributed by atoms with Crippen molar-refractivity contribution in [1.82, 2.24) is 5.32 Å². The molecule has 1 heterocycles. The first-order chi connectivity index (χ1) is 8.50. The molecule has 2 rings (SSSR count). The number of benzene rings is 1. The third-order valence-corrected chi connectivity index (χ3v) is 4.02. The summed E-state index contributed by atoms with van der Waals surface area (Å²) in [7, 11) is 0. The average molecular weight is 311 g/mol. The van der Waals surface area contributed by atoms with Gasteiger partial charge in [0.1, 0.15) is 18.0 Å². The van der Waals surface area contributed by atoms with Crippen LogP contribution in [0, 0.1) is 0 Å². The van der Waals surface area contributed by atoms with E-state index < -0.39 is 5.60 Å². The molecule has 0 bridgehead atoms. The number of aliphatic hydroxyl groups is 1. The van der Waals surface area contributed by atoms with Crippen LogP contribution in [0.2, 0.25) is 15.1 Å². The van der Waals surface area contributed by atoms with E-state index in [0.717, 1.165) is 13.1 Å². The summed E-state index contributed by atoms with van der Waals surface area (Å²) in [6.07, 6.45) is 1.32. The largest absolute Gasteiger partial charge is 0.489 e. The normalized spacial score (nSPS) is 18.7. The lowest BCUT2D eigenvalue weighted by Crippen LogP contribution is -2.46. The molecule has 1 aliphatic heterocycles. The fourth-order valence-electron chi connectivity index (χ4n) is 1.86. The van der Waals surface area contributed by atoms with Crippen molar-refractivity contribution in [3.05, 3.63) is 27.2 Å². The molecule has 2 N–H and O–H groups in total. The van der Waals surface area contributed by atoms with Crippen LogP contribution in [0.1, 0.15) is 12.8 Å². The Morgan fingerprint density at radius 2 is 1.72 bits per heavy atom. The van der Waals surface area contributed by atoms with Crippen molar-refractivity contribution in [3.63, 3.8) is 0 Å². The van der Waals surface area contributed by atoms with E-state index in [4.69, 9.17) is 39.5 Å². The van der Waals surface area contributed by atoms with Gasteiger partial charge >= 0.3 is 0 Å². The van der Waals surface area contributed by atoms with E-state index in [-0.39, 0.29) is 6.61 Å². The molecule has 0 atom stereocenters. The Morgan fingerprint density at radius 1 is 1.11 bits per heavy atom. The summed E-state index contributed by atoms with van der Waals surface area (Å²) in [6.45, 7) is 1.77. The van der Waals surface area contributed by atoms with Crippen molar-refractivity contribution in [3.8, 4) is 5.75 Å². The zero-order valence-corrected chi connectivity index (χ0v) is 11.9. The molecule has 18 heavy (non-hydrogen) atoms. The zero-order chi connectivity index (χ0) is 13.2. The molecule has 0 unspecified atom stereocenters. The fourth-order valence-corrected chi connectivity index (χ4v) is 2.45. The molecule has 1 aromatic carbocycles. The third-order valence-electron chi connectivity index (χ3n) is 3.01. The van der Waals surface area contributed by atoms with E-state index >= 15 is 0 Å². The summed E-state index contributed by atoms with van der Waals surface area (Å²) in [4.78, 5) is 0. The molecule has 1 fully saturated rings. The van der Waals surface area contributed by atoms with Crippen molar-refractivity contribution in [2.45, 2.75) is 18.4 Å². The molecule has 0 radical (unpaired) electrons. The predicted octanol–water partition coefficient (Wildman–Crippen LogP) is 3.14. The van der Waals surface area contributed by atoms with Crippen LogP contribution in [0.25, 0.3) is 0 Å². The molecular formula is C12H14Cl3NO2. The highest BCUT2D eigenvalue weighted by Gasteiger charge is 2.30. The molecule has 0 aliphatic carbocycles. The molecule has 1 saturated heterocycles. The molecule has 0 saturated carbocycles. The smallest absolute Gasteiger partial charge is 0.139 e. The first-order valence-electron chi connectivity index (χ1n) is 5.71. The van der Waals surface area contributed by atoms with Crippen molar-refractivity contribution in [2.24, 2.45) is 0 Å². The van der Waals surface area contributed by atoms with Crippen molar-refractivity contribution in [1.29, 1.82) is 0 Å². The van der Waals surface area contributed by atoms with Gasteiger partial charge in [-0.05, 0) is 32.0 Å². The van der Waals surface area contributed by atoms with Crippen LogP contribution in [0.5, 0.6) is 5.75 Å². The van der Waals surface area contributed by atoms with Gasteiger partial charge in [0.2, 0.25) is 0 Å². The van der Waals surface area contributed by atoms with E-state index in [2.05, 4.69) is 5.32 Å². The second kappa shape index (κ2) is 5.85. The summed E-state index contributed by atoms with van der Waals surface area (Å²) in [5.74, 6) is 0.443. The van der Waals surface area contributed by atoms with Gasteiger partial charge in [0.05, 0.1) is 15.1 Å². The summed E-state index contributed by atoms with van der Waals surface area (Å²) >= 11 is 17.7. The monoisotopic (exact) mass is 309 g/mol. The van der Waals surface area contributed by atoms with Crippen molar-refractivity contribution in [2.75, 3.05) is 19.7 Å². The summed E-state index contributed by atoms with van der Waals surface area (Å²) in [6, 6.07) is 3.10. The number of nitrogens with one attached hydrogen (secondary N) is 1. The van der Waals surface area contributed by atoms with Crippen molar-refractivity contribution >= 4 is 34.8 Å². The predicted molar refractivity (Wildman–Crippen MR) is 74.0 cm³/mol. The third kappa shape index (κ3) is 3.43. The van der Waals surface area contributed by atoms with E-state index in [0.29, 0.717) is 33.7 Å². The molecule has 6 heteroatoms. The molecule has 0 aromatic heterocycles. The Balaban J connectivity index is 2.03. The second-order valence-corrected chi connectivity index (χ2v) is 5.68. The van der Waals surface area contributed by atoms with Gasteiger partial charge in [-0.25, -0.2) is 0 Å². The number of hydrogen-bond acceptors (Lipinski definition) is 3. The van der Waals surface area contributed by atoms with E-state index in [1.54, 1.807) is 6.07 Å². The van der Waals surface area contributed by atoms with Gasteiger partial charge in [0.25, 0.3) is 0 Å². The summed E-state index contributed by atoms with van der Waals surface area (Å²) < 4.78 is 5.56. The van der Waals surface area contributed by atoms with Crippen LogP contribution in [0.4, 0.5) is 0 Å². The minimum atomic E-state index is -0.805. The van der Waals surface area contributed by atoms with Gasteiger partial charge in [0.15, 0.2) is 0 Å². The fraction of sp³-hybridized carbons (Fsp3) is 0.500. The highest BCUT2D eigenvalue weighted by molar-refractivity contribution is 6.43. The number of ether oxygens (including phenoxy) is 1. The number of halogens is 3. The quantitative estimate of drug-likeness (QED) is 0.843. The second-order valence-electron chi connectivity index (χ2n) is 4.46. The summed E-state index contributed by atoms with van der Waals surface area (Å²) in [5.41, 5.74) is -0.805. The maximum absolute atomic E-state index is 10.3. The van der Waals surface area contributed by atoms with Crippen LogP contribution < -0.4 is 10.1 Å². The van der Waals surface area contributed by atoms with Gasteiger partial charge in [-0.3, -0.25) is 0 Å². The maximum Gasteiger partial charge on any atom is 0.139 e. The van der Waals surface area contributed by atoms with Crippen LogP contribution >= 0.6 is 34.8 Å². The van der Waals surface area contributed by atoms with Gasteiger partial charge in [0, 0.05) is 6.07 Å². The Kier molecular flexibility index (Phi) is 4.62. The Bertz CT molecular complexity index is 434. The van der Waals surface area contributed by atoms with Gasteiger partial charge < -0.3 is 15.2 Å². The van der Waals surface area contributed by atoms with Crippen molar-refractivity contribution < 1.29 is 9.84 Å². The number of rotatable bonds is 3. The van der Waals surface area contributed by atoms with E-state index in [9.17, 15) is 5.11 Å². The number of piperidine rings is 1. The SMILES string of the molecule is OC1(COc2cc(Cl)c(Cl)cc2Cl)CCNCC1. The molecular weight excluding hydrogens is 296 g/mol. The van der Waals surface area contributed by atoms with Gasteiger partial charge in [-0.15, -0.1) is 0 Å². The molecule has 100 valence electrons. The van der Waals surface area contributed by atoms with Gasteiger partial charge in [-0.1, -0.05) is 34.8 Å². The Labute approximate surface area is 121 Å². The first-order valence-corrected chi connectivity index (χ1v) is 6.84. The lowest BCUT2D eigenvalue weighted by Gasteiger charge is -2.32. The topological polar surface area (TPSA) is 41.5 Å². The average Bonchev–Trinajstić information content (AvgIpc) is 2.33. The highest BCUT2D eigenvalue weighted by atomic mass is 35.5. The zero-order valence-electron chi connectivity index (χ0n) is 9.68. The lowest BCUT2D eigenvalue weighted by molar-refractivity contribution is -0.0285. The molecule has 1 aromatic rings. The lowest BCUT2D eigenvalue weighted by atomic mass is 9.93. The Morgan fingerprint density at radius 3 is 2.39 bits per heavy atom. The first kappa shape index (κ1) is 14.2. The van der Waals surface area contributed by atoms with E-state index in [1.807, 2.05) is 0 Å².